The summed E-state index contributed by atoms with van der Waals surface area (Å²) in [6.45, 7) is 2.01. The molecule has 6 unspecified atom stereocenters. The van der Waals surface area contributed by atoms with Gasteiger partial charge in [0.15, 0.2) is 34.7 Å². The number of carbonyl (C=O) groups excluding carboxylic acids is 5. The zero-order valence-corrected chi connectivity index (χ0v) is 22.1. The Kier molecular flexibility index (Phi) is 6.55. The molecule has 9 heteroatoms. The van der Waals surface area contributed by atoms with Crippen molar-refractivity contribution >= 4 is 29.0 Å². The summed E-state index contributed by atoms with van der Waals surface area (Å²) in [5.74, 6) is -10.3. The largest absolute Gasteiger partial charge is 0.507 e. The molecule has 0 bridgehead atoms. The van der Waals surface area contributed by atoms with Crippen molar-refractivity contribution in [2.24, 2.45) is 29.4 Å². The van der Waals surface area contributed by atoms with E-state index in [4.69, 9.17) is 5.73 Å². The fourth-order valence-electron chi connectivity index (χ4n) is 6.94. The number of benzene rings is 2. The van der Waals surface area contributed by atoms with Crippen LogP contribution in [0.3, 0.4) is 0 Å². The third-order valence-electron chi connectivity index (χ3n) is 8.85. The lowest BCUT2D eigenvalue weighted by Gasteiger charge is -2.52. The molecular weight excluding hydrogens is 500 g/mol. The highest BCUT2D eigenvalue weighted by atomic mass is 16.3. The number of rotatable bonds is 5. The normalized spacial score (nSPS) is 30.1. The summed E-state index contributed by atoms with van der Waals surface area (Å²) in [6, 6.07) is 10.2. The first-order valence-corrected chi connectivity index (χ1v) is 13.1. The van der Waals surface area contributed by atoms with Gasteiger partial charge in [0.05, 0.1) is 17.5 Å². The monoisotopic (exact) mass is 532 g/mol. The Hall–Kier alpha value is -3.69. The van der Waals surface area contributed by atoms with Gasteiger partial charge in [0, 0.05) is 5.92 Å². The molecule has 2 fully saturated rings. The number of nitrogens with two attached hydrogens (primary N) is 1. The van der Waals surface area contributed by atoms with E-state index in [-0.39, 0.29) is 24.2 Å². The maximum atomic E-state index is 13.9. The first kappa shape index (κ1) is 26.9. The number of aromatic hydroxyl groups is 1. The van der Waals surface area contributed by atoms with Crippen LogP contribution in [0.15, 0.2) is 36.4 Å². The topological polar surface area (TPSA) is 155 Å². The van der Waals surface area contributed by atoms with Gasteiger partial charge in [-0.15, -0.1) is 0 Å². The summed E-state index contributed by atoms with van der Waals surface area (Å²) < 4.78 is 0. The number of primary amides is 1. The van der Waals surface area contributed by atoms with E-state index in [0.717, 1.165) is 16.7 Å². The van der Waals surface area contributed by atoms with Gasteiger partial charge in [0.2, 0.25) is 5.91 Å². The van der Waals surface area contributed by atoms with Crippen molar-refractivity contribution in [1.82, 2.24) is 4.90 Å². The fraction of sp³-hybridized carbons (Fsp3) is 0.433. The van der Waals surface area contributed by atoms with E-state index in [1.165, 1.54) is 11.0 Å². The lowest BCUT2D eigenvalue weighted by atomic mass is 9.52. The number of likely N-dealkylation sites (N-methyl/N-ethyl adjacent to an activating group) is 1. The number of fused-ring (bicyclic) bond motifs is 3. The highest BCUT2D eigenvalue weighted by molar-refractivity contribution is 6.32. The fourth-order valence-corrected chi connectivity index (χ4v) is 6.94. The lowest BCUT2D eigenvalue weighted by molar-refractivity contribution is -0.181. The minimum Gasteiger partial charge on any atom is -0.507 e. The second-order valence-corrected chi connectivity index (χ2v) is 11.4. The summed E-state index contributed by atoms with van der Waals surface area (Å²) >= 11 is 0. The van der Waals surface area contributed by atoms with Crippen molar-refractivity contribution < 1.29 is 34.2 Å². The second kappa shape index (κ2) is 9.50. The van der Waals surface area contributed by atoms with E-state index in [1.807, 2.05) is 31.2 Å². The molecule has 2 saturated carbocycles. The van der Waals surface area contributed by atoms with Gasteiger partial charge in [-0.25, -0.2) is 0 Å². The van der Waals surface area contributed by atoms with E-state index < -0.39 is 64.4 Å². The molecule has 0 heterocycles. The SMILES string of the molecule is Cc1ccc(CCc2ccc(O)c3c2CC2CC4C(N(C)C)C(=O)C(C(N)=O)C(=O)C4(O)C(=O)C2C3=O)cc1. The first-order valence-electron chi connectivity index (χ1n) is 13.1. The van der Waals surface area contributed by atoms with Crippen molar-refractivity contribution in [2.75, 3.05) is 14.1 Å². The smallest absolute Gasteiger partial charge is 0.235 e. The van der Waals surface area contributed by atoms with Crippen LogP contribution in [0.25, 0.3) is 0 Å². The van der Waals surface area contributed by atoms with Crippen molar-refractivity contribution in [3.05, 3.63) is 64.2 Å². The average molecular weight is 533 g/mol. The predicted molar refractivity (Wildman–Crippen MR) is 140 cm³/mol. The number of aryl methyl sites for hydroxylation is 3. The van der Waals surface area contributed by atoms with E-state index in [0.29, 0.717) is 18.4 Å². The maximum absolute atomic E-state index is 13.9. The van der Waals surface area contributed by atoms with Gasteiger partial charge in [-0.3, -0.25) is 28.9 Å². The molecule has 0 radical (unpaired) electrons. The Morgan fingerprint density at radius 2 is 1.69 bits per heavy atom. The van der Waals surface area contributed by atoms with Gasteiger partial charge < -0.3 is 15.9 Å². The Balaban J connectivity index is 1.55. The molecule has 2 aromatic rings. The molecule has 3 aliphatic rings. The zero-order chi connectivity index (χ0) is 28.4. The number of ketones is 4. The quantitative estimate of drug-likeness (QED) is 0.481. The molecule has 4 N–H and O–H groups in total. The van der Waals surface area contributed by atoms with Crippen LogP contribution in [0.2, 0.25) is 0 Å². The highest BCUT2D eigenvalue weighted by Gasteiger charge is 2.69. The number of carbonyl (C=O) groups is 5. The summed E-state index contributed by atoms with van der Waals surface area (Å²) in [6.07, 6.45) is 1.62. The molecule has 0 aromatic heterocycles. The molecule has 2 aromatic carbocycles. The molecule has 3 aliphatic carbocycles. The Morgan fingerprint density at radius 1 is 1.03 bits per heavy atom. The molecular formula is C30H32N2O7. The molecule has 1 amide bonds. The maximum Gasteiger partial charge on any atom is 0.235 e. The number of hydrogen-bond donors (Lipinski definition) is 3. The van der Waals surface area contributed by atoms with Crippen molar-refractivity contribution in [3.63, 3.8) is 0 Å². The number of phenolic OH excluding ortho intramolecular Hbond substituents is 1. The van der Waals surface area contributed by atoms with Crippen molar-refractivity contribution in [3.8, 4) is 5.75 Å². The summed E-state index contributed by atoms with van der Waals surface area (Å²) in [7, 11) is 3.13. The van der Waals surface area contributed by atoms with Crippen molar-refractivity contribution in [1.29, 1.82) is 0 Å². The predicted octanol–water partition coefficient (Wildman–Crippen LogP) is 0.961. The van der Waals surface area contributed by atoms with Gasteiger partial charge in [-0.1, -0.05) is 35.9 Å². The standard InChI is InChI=1S/C30H32N2O7/c1-14-4-6-15(7-5-14)8-9-16-10-11-20(33)22-18(16)12-17-13-19-24(32(2)3)26(35)23(29(31)38)28(37)30(19,39)27(36)21(17)25(22)34/h4-7,10-11,17,19,21,23-24,33,39H,8-9,12-13H2,1-3H3,(H2,31,38). The second-order valence-electron chi connectivity index (χ2n) is 11.4. The number of phenols is 1. The van der Waals surface area contributed by atoms with Crippen LogP contribution in [0.5, 0.6) is 5.75 Å². The molecule has 6 atom stereocenters. The van der Waals surface area contributed by atoms with E-state index >= 15 is 0 Å². The van der Waals surface area contributed by atoms with Gasteiger partial charge in [-0.2, -0.15) is 0 Å². The van der Waals surface area contributed by atoms with Gasteiger partial charge in [-0.05, 0) is 75.4 Å². The summed E-state index contributed by atoms with van der Waals surface area (Å²) in [4.78, 5) is 67.7. The van der Waals surface area contributed by atoms with E-state index in [1.54, 1.807) is 20.2 Å². The lowest BCUT2D eigenvalue weighted by Crippen LogP contribution is -2.74. The van der Waals surface area contributed by atoms with Gasteiger partial charge >= 0.3 is 0 Å². The van der Waals surface area contributed by atoms with Gasteiger partial charge in [0.1, 0.15) is 5.75 Å². The van der Waals surface area contributed by atoms with Gasteiger partial charge in [0.25, 0.3) is 0 Å². The summed E-state index contributed by atoms with van der Waals surface area (Å²) in [5.41, 5.74) is 6.46. The molecule has 0 spiro atoms. The minimum absolute atomic E-state index is 0.0306. The van der Waals surface area contributed by atoms with E-state index in [9.17, 15) is 34.2 Å². The molecule has 39 heavy (non-hydrogen) atoms. The van der Waals surface area contributed by atoms with Crippen molar-refractivity contribution in [2.45, 2.75) is 44.2 Å². The Labute approximate surface area is 226 Å². The Bertz CT molecular complexity index is 1410. The van der Waals surface area contributed by atoms with Crippen LogP contribution in [-0.2, 0) is 38.4 Å². The molecule has 204 valence electrons. The molecule has 9 nitrogen and oxygen atoms in total. The van der Waals surface area contributed by atoms with Crippen LogP contribution < -0.4 is 5.73 Å². The third kappa shape index (κ3) is 4.03. The first-order chi connectivity index (χ1) is 18.4. The van der Waals surface area contributed by atoms with Crippen LogP contribution in [-0.4, -0.2) is 69.9 Å². The minimum atomic E-state index is -2.71. The number of Topliss-reactive ketones (excluding diaryl/α,β-unsaturated/α-hetero) is 4. The van der Waals surface area contributed by atoms with Crippen LogP contribution in [0, 0.1) is 30.6 Å². The zero-order valence-electron chi connectivity index (χ0n) is 22.1. The average Bonchev–Trinajstić information content (AvgIpc) is 2.86. The number of hydrogen-bond acceptors (Lipinski definition) is 8. The summed E-state index contributed by atoms with van der Waals surface area (Å²) in [5, 5.41) is 22.3. The van der Waals surface area contributed by atoms with E-state index in [2.05, 4.69) is 0 Å². The van der Waals surface area contributed by atoms with Crippen LogP contribution in [0.1, 0.15) is 39.0 Å². The molecule has 0 aliphatic heterocycles. The van der Waals surface area contributed by atoms with Crippen LogP contribution in [0.4, 0.5) is 0 Å². The number of aliphatic hydroxyl groups is 1. The molecule has 0 saturated heterocycles. The Morgan fingerprint density at radius 3 is 2.31 bits per heavy atom. The van der Waals surface area contributed by atoms with Crippen LogP contribution >= 0.6 is 0 Å². The molecule has 5 rings (SSSR count). The number of nitrogens with zero attached hydrogens (tertiary/aromatic N) is 1. The highest BCUT2D eigenvalue weighted by Crippen LogP contribution is 2.51. The third-order valence-corrected chi connectivity index (χ3v) is 8.85. The number of amides is 1.